The maximum Gasteiger partial charge on any atom is 0.276 e. The zero-order chi connectivity index (χ0) is 18.2. The molecule has 2 aromatic carbocycles. The minimum Gasteiger partial charge on any atom is -0.484 e. The van der Waals surface area contributed by atoms with Gasteiger partial charge in [-0.15, -0.1) is 0 Å². The molecule has 0 aliphatic carbocycles. The molecule has 0 radical (unpaired) electrons. The van der Waals surface area contributed by atoms with Gasteiger partial charge in [0.1, 0.15) is 11.5 Å². The lowest BCUT2D eigenvalue weighted by molar-refractivity contribution is -0.131. The number of nitrogens with one attached hydrogen (secondary N) is 2. The van der Waals surface area contributed by atoms with Crippen molar-refractivity contribution in [2.45, 2.75) is 6.92 Å². The number of aryl methyl sites for hydroxylation is 1. The molecule has 6 nitrogen and oxygen atoms in total. The van der Waals surface area contributed by atoms with E-state index in [0.717, 1.165) is 10.0 Å². The maximum atomic E-state index is 11.7. The van der Waals surface area contributed by atoms with Crippen molar-refractivity contribution in [2.75, 3.05) is 13.2 Å². The molecule has 0 bridgehead atoms. The van der Waals surface area contributed by atoms with Crippen molar-refractivity contribution < 1.29 is 19.1 Å². The molecule has 2 N–H and O–H groups in total. The van der Waals surface area contributed by atoms with Crippen molar-refractivity contribution in [1.29, 1.82) is 0 Å². The fraction of sp³-hybridized carbons (Fsp3) is 0.176. The molecule has 0 aliphatic heterocycles. The number of amides is 2. The van der Waals surface area contributed by atoms with Crippen molar-refractivity contribution in [1.82, 2.24) is 10.9 Å². The molecular weight excluding hydrogens is 412 g/mol. The van der Waals surface area contributed by atoms with E-state index in [1.54, 1.807) is 24.3 Å². The van der Waals surface area contributed by atoms with Gasteiger partial charge >= 0.3 is 0 Å². The molecule has 2 amide bonds. The second-order valence-electron chi connectivity index (χ2n) is 5.06. The Labute approximate surface area is 158 Å². The number of rotatable bonds is 6. The third kappa shape index (κ3) is 6.64. The number of hydrazine groups is 1. The van der Waals surface area contributed by atoms with Gasteiger partial charge in [-0.3, -0.25) is 20.4 Å². The SMILES string of the molecule is Cc1cccc(OCC(=O)NNC(=O)COc2ccc(Br)cc2Cl)c1. The molecule has 0 aliphatic rings. The molecule has 0 saturated heterocycles. The van der Waals surface area contributed by atoms with Gasteiger partial charge in [0.05, 0.1) is 5.02 Å². The Kier molecular flexibility index (Phi) is 7.09. The smallest absolute Gasteiger partial charge is 0.276 e. The summed E-state index contributed by atoms with van der Waals surface area (Å²) in [6.45, 7) is 1.41. The molecule has 0 heterocycles. The third-order valence-corrected chi connectivity index (χ3v) is 3.74. The summed E-state index contributed by atoms with van der Waals surface area (Å²) >= 11 is 9.25. The Balaban J connectivity index is 1.69. The first-order valence-electron chi connectivity index (χ1n) is 7.29. The van der Waals surface area contributed by atoms with E-state index in [1.807, 2.05) is 25.1 Å². The van der Waals surface area contributed by atoms with Crippen LogP contribution in [0.25, 0.3) is 0 Å². The Morgan fingerprint density at radius 2 is 1.72 bits per heavy atom. The topological polar surface area (TPSA) is 76.7 Å². The van der Waals surface area contributed by atoms with E-state index in [4.69, 9.17) is 21.1 Å². The molecule has 0 aromatic heterocycles. The lowest BCUT2D eigenvalue weighted by Crippen LogP contribution is -2.45. The molecular formula is C17H16BrClN2O4. The first-order valence-corrected chi connectivity index (χ1v) is 8.46. The van der Waals surface area contributed by atoms with Crippen molar-refractivity contribution >= 4 is 39.3 Å². The standard InChI is InChI=1S/C17H16BrClN2O4/c1-11-3-2-4-13(7-11)24-9-16(22)20-21-17(23)10-25-15-6-5-12(18)8-14(15)19/h2-8H,9-10H2,1H3,(H,20,22)(H,21,23). The normalized spacial score (nSPS) is 10.0. The second kappa shape index (κ2) is 9.29. The maximum absolute atomic E-state index is 11.7. The summed E-state index contributed by atoms with van der Waals surface area (Å²) in [5, 5.41) is 0.373. The van der Waals surface area contributed by atoms with Gasteiger partial charge in [0, 0.05) is 4.47 Å². The van der Waals surface area contributed by atoms with E-state index in [-0.39, 0.29) is 13.2 Å². The summed E-state index contributed by atoms with van der Waals surface area (Å²) in [7, 11) is 0. The summed E-state index contributed by atoms with van der Waals surface area (Å²) in [4.78, 5) is 23.3. The summed E-state index contributed by atoms with van der Waals surface area (Å²) in [6.07, 6.45) is 0. The minimum atomic E-state index is -0.525. The lowest BCUT2D eigenvalue weighted by atomic mass is 10.2. The van der Waals surface area contributed by atoms with Crippen molar-refractivity contribution in [3.8, 4) is 11.5 Å². The molecule has 0 atom stereocenters. The average Bonchev–Trinajstić information content (AvgIpc) is 2.57. The predicted octanol–water partition coefficient (Wildman–Crippen LogP) is 3.02. The number of halogens is 2. The van der Waals surface area contributed by atoms with E-state index in [2.05, 4.69) is 26.8 Å². The highest BCUT2D eigenvalue weighted by atomic mass is 79.9. The average molecular weight is 428 g/mol. The van der Waals surface area contributed by atoms with Gasteiger partial charge in [-0.1, -0.05) is 39.7 Å². The van der Waals surface area contributed by atoms with Crippen LogP contribution in [-0.2, 0) is 9.59 Å². The monoisotopic (exact) mass is 426 g/mol. The highest BCUT2D eigenvalue weighted by Crippen LogP contribution is 2.27. The molecule has 0 unspecified atom stereocenters. The summed E-state index contributed by atoms with van der Waals surface area (Å²) in [6, 6.07) is 12.3. The molecule has 8 heteroatoms. The number of carbonyl (C=O) groups is 2. The highest BCUT2D eigenvalue weighted by molar-refractivity contribution is 9.10. The van der Waals surface area contributed by atoms with Gasteiger partial charge in [0.15, 0.2) is 13.2 Å². The zero-order valence-electron chi connectivity index (χ0n) is 13.3. The van der Waals surface area contributed by atoms with E-state index < -0.39 is 11.8 Å². The first-order chi connectivity index (χ1) is 11.9. The van der Waals surface area contributed by atoms with Crippen LogP contribution in [0.1, 0.15) is 5.56 Å². The number of hydrogen-bond acceptors (Lipinski definition) is 4. The van der Waals surface area contributed by atoms with Gasteiger partial charge < -0.3 is 9.47 Å². The third-order valence-electron chi connectivity index (χ3n) is 2.95. The quantitative estimate of drug-likeness (QED) is 0.695. The summed E-state index contributed by atoms with van der Waals surface area (Å²) < 4.78 is 11.4. The molecule has 132 valence electrons. The van der Waals surface area contributed by atoms with Gasteiger partial charge in [-0.05, 0) is 42.8 Å². The summed E-state index contributed by atoms with van der Waals surface area (Å²) in [5.41, 5.74) is 5.50. The Morgan fingerprint density at radius 3 is 2.36 bits per heavy atom. The van der Waals surface area contributed by atoms with Crippen LogP contribution in [0.5, 0.6) is 11.5 Å². The van der Waals surface area contributed by atoms with Crippen LogP contribution in [0.3, 0.4) is 0 Å². The number of benzene rings is 2. The Morgan fingerprint density at radius 1 is 1.04 bits per heavy atom. The predicted molar refractivity (Wildman–Crippen MR) is 97.6 cm³/mol. The fourth-order valence-electron chi connectivity index (χ4n) is 1.80. The molecule has 0 fully saturated rings. The van der Waals surface area contributed by atoms with Crippen LogP contribution in [-0.4, -0.2) is 25.0 Å². The van der Waals surface area contributed by atoms with Crippen molar-refractivity contribution in [3.05, 3.63) is 57.5 Å². The van der Waals surface area contributed by atoms with Gasteiger partial charge in [-0.25, -0.2) is 0 Å². The van der Waals surface area contributed by atoms with E-state index >= 15 is 0 Å². The van der Waals surface area contributed by atoms with Gasteiger partial charge in [0.25, 0.3) is 11.8 Å². The van der Waals surface area contributed by atoms with E-state index in [1.165, 1.54) is 0 Å². The first kappa shape index (κ1) is 19.1. The lowest BCUT2D eigenvalue weighted by Gasteiger charge is -2.10. The van der Waals surface area contributed by atoms with Crippen LogP contribution in [0, 0.1) is 6.92 Å². The Bertz CT molecular complexity index is 770. The minimum absolute atomic E-state index is 0.219. The van der Waals surface area contributed by atoms with Crippen molar-refractivity contribution in [2.24, 2.45) is 0 Å². The summed E-state index contributed by atoms with van der Waals surface area (Å²) in [5.74, 6) is -0.0664. The molecule has 25 heavy (non-hydrogen) atoms. The van der Waals surface area contributed by atoms with Crippen LogP contribution in [0.15, 0.2) is 46.9 Å². The number of hydrogen-bond donors (Lipinski definition) is 2. The molecule has 2 rings (SSSR count). The van der Waals surface area contributed by atoms with Gasteiger partial charge in [0.2, 0.25) is 0 Å². The molecule has 0 spiro atoms. The zero-order valence-corrected chi connectivity index (χ0v) is 15.7. The Hall–Kier alpha value is -2.25. The van der Waals surface area contributed by atoms with Crippen LogP contribution in [0.4, 0.5) is 0 Å². The van der Waals surface area contributed by atoms with Crippen molar-refractivity contribution in [3.63, 3.8) is 0 Å². The largest absolute Gasteiger partial charge is 0.484 e. The molecule has 0 saturated carbocycles. The highest BCUT2D eigenvalue weighted by Gasteiger charge is 2.08. The fourth-order valence-corrected chi connectivity index (χ4v) is 2.53. The van der Waals surface area contributed by atoms with E-state index in [9.17, 15) is 9.59 Å². The molecule has 2 aromatic rings. The van der Waals surface area contributed by atoms with Crippen LogP contribution in [0.2, 0.25) is 5.02 Å². The number of carbonyl (C=O) groups excluding carboxylic acids is 2. The number of ether oxygens (including phenoxy) is 2. The van der Waals surface area contributed by atoms with Crippen LogP contribution < -0.4 is 20.3 Å². The van der Waals surface area contributed by atoms with E-state index in [0.29, 0.717) is 16.5 Å². The second-order valence-corrected chi connectivity index (χ2v) is 6.39. The van der Waals surface area contributed by atoms with Gasteiger partial charge in [-0.2, -0.15) is 0 Å². The van der Waals surface area contributed by atoms with Crippen LogP contribution >= 0.6 is 27.5 Å².